The van der Waals surface area contributed by atoms with Crippen molar-refractivity contribution in [1.29, 1.82) is 0 Å². The number of fused-ring (bicyclic) bond motifs is 1. The molecule has 0 saturated carbocycles. The SMILES string of the molecule is Cl.c1ccc(-c2ccc(-c3cccc4cncn34)cc2)cc1. The topological polar surface area (TPSA) is 17.3 Å². The Kier molecular flexibility index (Phi) is 3.94. The molecule has 2 heterocycles. The Hall–Kier alpha value is -2.58. The van der Waals surface area contributed by atoms with Crippen molar-refractivity contribution in [1.82, 2.24) is 9.38 Å². The van der Waals surface area contributed by atoms with Gasteiger partial charge in [-0.25, -0.2) is 4.98 Å². The summed E-state index contributed by atoms with van der Waals surface area (Å²) in [6, 6.07) is 25.3. The van der Waals surface area contributed by atoms with Crippen LogP contribution in [0.4, 0.5) is 0 Å². The molecule has 0 spiro atoms. The number of aromatic nitrogens is 2. The van der Waals surface area contributed by atoms with Crippen LogP contribution in [-0.4, -0.2) is 9.38 Å². The van der Waals surface area contributed by atoms with Gasteiger partial charge in [0.1, 0.15) is 0 Å². The quantitative estimate of drug-likeness (QED) is 0.504. The molecular formula is C19H15ClN2. The predicted molar refractivity (Wildman–Crippen MR) is 93.3 cm³/mol. The van der Waals surface area contributed by atoms with Gasteiger partial charge in [0.25, 0.3) is 0 Å². The molecule has 0 aliphatic rings. The molecule has 3 heteroatoms. The summed E-state index contributed by atoms with van der Waals surface area (Å²) in [5, 5.41) is 0. The maximum atomic E-state index is 4.22. The summed E-state index contributed by atoms with van der Waals surface area (Å²) in [5.74, 6) is 0. The standard InChI is InChI=1S/C19H14N2.ClH/c1-2-5-15(6-3-1)16-9-11-17(12-10-16)19-8-4-7-18-13-20-14-21(18)19;/h1-14H;1H. The average Bonchev–Trinajstić information content (AvgIpc) is 3.04. The summed E-state index contributed by atoms with van der Waals surface area (Å²) in [4.78, 5) is 4.22. The third-order valence-electron chi connectivity index (χ3n) is 3.74. The van der Waals surface area contributed by atoms with E-state index >= 15 is 0 Å². The fourth-order valence-corrected chi connectivity index (χ4v) is 2.65. The first-order valence-electron chi connectivity index (χ1n) is 6.99. The number of hydrogen-bond acceptors (Lipinski definition) is 1. The van der Waals surface area contributed by atoms with Gasteiger partial charge in [-0.3, -0.25) is 4.40 Å². The molecule has 0 atom stereocenters. The van der Waals surface area contributed by atoms with Gasteiger partial charge in [0.05, 0.1) is 23.7 Å². The first-order chi connectivity index (χ1) is 10.4. The minimum absolute atomic E-state index is 0. The zero-order valence-corrected chi connectivity index (χ0v) is 12.7. The van der Waals surface area contributed by atoms with E-state index in [1.54, 1.807) is 0 Å². The number of halogens is 1. The van der Waals surface area contributed by atoms with E-state index in [0.717, 1.165) is 11.2 Å². The Morgan fingerprint density at radius 3 is 2.09 bits per heavy atom. The third-order valence-corrected chi connectivity index (χ3v) is 3.74. The molecular weight excluding hydrogens is 292 g/mol. The van der Waals surface area contributed by atoms with Crippen molar-refractivity contribution >= 4 is 17.9 Å². The van der Waals surface area contributed by atoms with Gasteiger partial charge in [-0.05, 0) is 28.8 Å². The third kappa shape index (κ3) is 2.49. The van der Waals surface area contributed by atoms with Gasteiger partial charge in [-0.2, -0.15) is 0 Å². The molecule has 4 aromatic rings. The Morgan fingerprint density at radius 2 is 1.32 bits per heavy atom. The molecule has 0 amide bonds. The van der Waals surface area contributed by atoms with Crippen molar-refractivity contribution in [2.75, 3.05) is 0 Å². The van der Waals surface area contributed by atoms with Gasteiger partial charge in [-0.1, -0.05) is 60.7 Å². The fourth-order valence-electron chi connectivity index (χ4n) is 2.65. The van der Waals surface area contributed by atoms with Crippen LogP contribution in [0.15, 0.2) is 85.3 Å². The van der Waals surface area contributed by atoms with Gasteiger partial charge in [0.15, 0.2) is 0 Å². The van der Waals surface area contributed by atoms with E-state index in [1.165, 1.54) is 16.7 Å². The van der Waals surface area contributed by atoms with Crippen LogP contribution in [0.3, 0.4) is 0 Å². The van der Waals surface area contributed by atoms with Crippen LogP contribution in [-0.2, 0) is 0 Å². The van der Waals surface area contributed by atoms with Gasteiger partial charge >= 0.3 is 0 Å². The summed E-state index contributed by atoms with van der Waals surface area (Å²) in [5.41, 5.74) is 5.93. The highest BCUT2D eigenvalue weighted by Crippen LogP contribution is 2.25. The molecule has 0 N–H and O–H groups in total. The first-order valence-corrected chi connectivity index (χ1v) is 6.99. The Balaban J connectivity index is 0.00000144. The normalized spacial score (nSPS) is 10.4. The molecule has 2 aromatic carbocycles. The lowest BCUT2D eigenvalue weighted by Crippen LogP contribution is -1.89. The molecule has 4 rings (SSSR count). The molecule has 2 aromatic heterocycles. The van der Waals surface area contributed by atoms with Crippen LogP contribution < -0.4 is 0 Å². The van der Waals surface area contributed by atoms with Crippen LogP contribution in [0.25, 0.3) is 27.9 Å². The largest absolute Gasteiger partial charge is 0.299 e. The lowest BCUT2D eigenvalue weighted by atomic mass is 10.0. The second kappa shape index (κ2) is 6.04. The summed E-state index contributed by atoms with van der Waals surface area (Å²) < 4.78 is 2.11. The molecule has 0 aliphatic carbocycles. The summed E-state index contributed by atoms with van der Waals surface area (Å²) in [7, 11) is 0. The van der Waals surface area contributed by atoms with E-state index in [2.05, 4.69) is 76.1 Å². The van der Waals surface area contributed by atoms with E-state index in [9.17, 15) is 0 Å². The van der Waals surface area contributed by atoms with Gasteiger partial charge in [0, 0.05) is 0 Å². The van der Waals surface area contributed by atoms with E-state index in [0.29, 0.717) is 0 Å². The molecule has 0 fully saturated rings. The first kappa shape index (κ1) is 14.4. The number of rotatable bonds is 2. The van der Waals surface area contributed by atoms with Crippen molar-refractivity contribution in [3.63, 3.8) is 0 Å². The van der Waals surface area contributed by atoms with Crippen LogP contribution in [0.5, 0.6) is 0 Å². The zero-order valence-electron chi connectivity index (χ0n) is 11.9. The number of hydrogen-bond donors (Lipinski definition) is 0. The van der Waals surface area contributed by atoms with E-state index in [-0.39, 0.29) is 12.4 Å². The van der Waals surface area contributed by atoms with Gasteiger partial charge < -0.3 is 0 Å². The Bertz CT molecular complexity index is 880. The van der Waals surface area contributed by atoms with E-state index < -0.39 is 0 Å². The van der Waals surface area contributed by atoms with Crippen molar-refractivity contribution in [3.8, 4) is 22.4 Å². The lowest BCUT2D eigenvalue weighted by Gasteiger charge is -2.07. The maximum absolute atomic E-state index is 4.22. The molecule has 0 radical (unpaired) electrons. The average molecular weight is 307 g/mol. The Morgan fingerprint density at radius 1 is 0.636 bits per heavy atom. The van der Waals surface area contributed by atoms with E-state index in [4.69, 9.17) is 0 Å². The number of imidazole rings is 1. The molecule has 0 saturated heterocycles. The summed E-state index contributed by atoms with van der Waals surface area (Å²) in [6.07, 6.45) is 3.73. The van der Waals surface area contributed by atoms with Crippen molar-refractivity contribution < 1.29 is 0 Å². The second-order valence-electron chi connectivity index (χ2n) is 5.04. The van der Waals surface area contributed by atoms with E-state index in [1.807, 2.05) is 18.6 Å². The second-order valence-corrected chi connectivity index (χ2v) is 5.04. The fraction of sp³-hybridized carbons (Fsp3) is 0. The van der Waals surface area contributed by atoms with Gasteiger partial charge in [-0.15, -0.1) is 12.4 Å². The van der Waals surface area contributed by atoms with Crippen molar-refractivity contribution in [2.24, 2.45) is 0 Å². The molecule has 22 heavy (non-hydrogen) atoms. The molecule has 0 aliphatic heterocycles. The highest BCUT2D eigenvalue weighted by atomic mass is 35.5. The number of pyridine rings is 1. The van der Waals surface area contributed by atoms with Crippen molar-refractivity contribution in [2.45, 2.75) is 0 Å². The highest BCUT2D eigenvalue weighted by molar-refractivity contribution is 5.85. The predicted octanol–water partition coefficient (Wildman–Crippen LogP) is 5.09. The maximum Gasteiger partial charge on any atom is 0.0997 e. The molecule has 108 valence electrons. The highest BCUT2D eigenvalue weighted by Gasteiger charge is 2.04. The molecule has 0 unspecified atom stereocenters. The molecule has 2 nitrogen and oxygen atoms in total. The smallest absolute Gasteiger partial charge is 0.0997 e. The van der Waals surface area contributed by atoms with Crippen LogP contribution in [0.2, 0.25) is 0 Å². The monoisotopic (exact) mass is 306 g/mol. The summed E-state index contributed by atoms with van der Waals surface area (Å²) >= 11 is 0. The summed E-state index contributed by atoms with van der Waals surface area (Å²) in [6.45, 7) is 0. The van der Waals surface area contributed by atoms with Crippen LogP contribution in [0, 0.1) is 0 Å². The number of benzene rings is 2. The number of nitrogens with zero attached hydrogens (tertiary/aromatic N) is 2. The minimum Gasteiger partial charge on any atom is -0.299 e. The Labute approximate surface area is 135 Å². The zero-order chi connectivity index (χ0) is 14.1. The lowest BCUT2D eigenvalue weighted by molar-refractivity contribution is 1.16. The van der Waals surface area contributed by atoms with Crippen molar-refractivity contribution in [3.05, 3.63) is 85.3 Å². The van der Waals surface area contributed by atoms with Crippen LogP contribution in [0.1, 0.15) is 0 Å². The van der Waals surface area contributed by atoms with Crippen LogP contribution >= 0.6 is 12.4 Å². The minimum atomic E-state index is 0. The molecule has 0 bridgehead atoms. The van der Waals surface area contributed by atoms with Gasteiger partial charge in [0.2, 0.25) is 0 Å².